The Bertz CT molecular complexity index is 383. The lowest BCUT2D eigenvalue weighted by Crippen LogP contribution is -2.44. The lowest BCUT2D eigenvalue weighted by molar-refractivity contribution is -0.174. The minimum atomic E-state index is -1.57. The van der Waals surface area contributed by atoms with E-state index in [2.05, 4.69) is 13.8 Å². The number of hydrogen-bond donors (Lipinski definition) is 2. The molecule has 0 fully saturated rings. The van der Waals surface area contributed by atoms with Crippen molar-refractivity contribution in [1.82, 2.24) is 0 Å². The molecule has 0 aromatic heterocycles. The van der Waals surface area contributed by atoms with E-state index in [9.17, 15) is 19.8 Å². The summed E-state index contributed by atoms with van der Waals surface area (Å²) in [5.41, 5.74) is -1.57. The van der Waals surface area contributed by atoms with Gasteiger partial charge in [-0.25, -0.2) is 4.79 Å². The van der Waals surface area contributed by atoms with E-state index in [0.29, 0.717) is 13.0 Å². The van der Waals surface area contributed by atoms with Gasteiger partial charge in [0.05, 0.1) is 6.42 Å². The third-order valence-corrected chi connectivity index (χ3v) is 5.14. The van der Waals surface area contributed by atoms with Gasteiger partial charge in [0, 0.05) is 6.61 Å². The zero-order valence-corrected chi connectivity index (χ0v) is 17.6. The number of rotatable bonds is 20. The maximum Gasteiger partial charge on any atom is 0.336 e. The van der Waals surface area contributed by atoms with Crippen LogP contribution < -0.4 is 0 Å². The Kier molecular flexibility index (Phi) is 16.3. The van der Waals surface area contributed by atoms with Crippen molar-refractivity contribution in [3.05, 3.63) is 0 Å². The summed E-state index contributed by atoms with van der Waals surface area (Å²) in [5, 5.41) is 18.8. The largest absolute Gasteiger partial charge is 0.481 e. The number of carbonyl (C=O) groups is 2. The molecule has 0 bridgehead atoms. The fourth-order valence-corrected chi connectivity index (χ4v) is 3.39. The average molecular weight is 387 g/mol. The highest BCUT2D eigenvalue weighted by molar-refractivity contribution is 5.83. The molecular formula is C22H42O5. The average Bonchev–Trinajstić information content (AvgIpc) is 2.62. The fourth-order valence-electron chi connectivity index (χ4n) is 3.39. The highest BCUT2D eigenvalue weighted by Crippen LogP contribution is 2.26. The molecular weight excluding hydrogens is 344 g/mol. The molecule has 0 aromatic carbocycles. The van der Waals surface area contributed by atoms with E-state index in [-0.39, 0.29) is 6.42 Å². The van der Waals surface area contributed by atoms with Crippen molar-refractivity contribution in [2.24, 2.45) is 0 Å². The van der Waals surface area contributed by atoms with Crippen LogP contribution in [-0.2, 0) is 14.3 Å². The predicted octanol–water partition coefficient (Wildman–Crippen LogP) is 6.19. The molecule has 0 aliphatic carbocycles. The number of carboxylic acid groups (broad SMARTS) is 2. The molecule has 0 saturated carbocycles. The molecule has 0 saturated heterocycles. The molecule has 0 aromatic rings. The van der Waals surface area contributed by atoms with E-state index < -0.39 is 24.0 Å². The smallest absolute Gasteiger partial charge is 0.336 e. The van der Waals surface area contributed by atoms with Crippen molar-refractivity contribution in [2.75, 3.05) is 6.61 Å². The van der Waals surface area contributed by atoms with Gasteiger partial charge in [-0.2, -0.15) is 0 Å². The second kappa shape index (κ2) is 17.0. The molecule has 0 radical (unpaired) electrons. The fraction of sp³-hybridized carbons (Fsp3) is 0.909. The van der Waals surface area contributed by atoms with Crippen LogP contribution in [0.25, 0.3) is 0 Å². The number of hydrogen-bond acceptors (Lipinski definition) is 3. The van der Waals surface area contributed by atoms with E-state index in [1.807, 2.05) is 0 Å². The molecule has 5 nitrogen and oxygen atoms in total. The molecule has 1 unspecified atom stereocenters. The monoisotopic (exact) mass is 386 g/mol. The number of aliphatic carboxylic acids is 2. The SMILES string of the molecule is CCCCCCCCCOC(CCCCCCCCC)(CC(=O)O)C(=O)O. The van der Waals surface area contributed by atoms with Crippen LogP contribution in [0.5, 0.6) is 0 Å². The lowest BCUT2D eigenvalue weighted by Gasteiger charge is -2.28. The van der Waals surface area contributed by atoms with Crippen molar-refractivity contribution < 1.29 is 24.5 Å². The van der Waals surface area contributed by atoms with Gasteiger partial charge in [-0.05, 0) is 19.3 Å². The van der Waals surface area contributed by atoms with Crippen LogP contribution in [0.3, 0.4) is 0 Å². The summed E-state index contributed by atoms with van der Waals surface area (Å²) in [6.45, 7) is 4.69. The molecule has 0 aliphatic rings. The van der Waals surface area contributed by atoms with Crippen LogP contribution in [0.1, 0.15) is 117 Å². The summed E-state index contributed by atoms with van der Waals surface area (Å²) in [6, 6.07) is 0. The molecule has 0 rings (SSSR count). The first kappa shape index (κ1) is 25.9. The first-order valence-electron chi connectivity index (χ1n) is 11.1. The van der Waals surface area contributed by atoms with E-state index in [0.717, 1.165) is 38.5 Å². The Balaban J connectivity index is 4.29. The van der Waals surface area contributed by atoms with E-state index in [1.54, 1.807) is 0 Å². The third-order valence-electron chi connectivity index (χ3n) is 5.14. The normalized spacial score (nSPS) is 13.4. The summed E-state index contributed by atoms with van der Waals surface area (Å²) >= 11 is 0. The van der Waals surface area contributed by atoms with Gasteiger partial charge in [0.2, 0.25) is 0 Å². The number of carboxylic acids is 2. The molecule has 1 atom stereocenters. The molecule has 27 heavy (non-hydrogen) atoms. The Morgan fingerprint density at radius 3 is 1.59 bits per heavy atom. The van der Waals surface area contributed by atoms with Gasteiger partial charge in [0.25, 0.3) is 0 Å². The van der Waals surface area contributed by atoms with Gasteiger partial charge in [-0.15, -0.1) is 0 Å². The maximum absolute atomic E-state index is 11.8. The first-order valence-corrected chi connectivity index (χ1v) is 11.1. The van der Waals surface area contributed by atoms with Gasteiger partial charge >= 0.3 is 11.9 Å². The van der Waals surface area contributed by atoms with Crippen LogP contribution in [-0.4, -0.2) is 34.4 Å². The van der Waals surface area contributed by atoms with Crippen molar-refractivity contribution >= 4 is 11.9 Å². The van der Waals surface area contributed by atoms with Gasteiger partial charge in [0.1, 0.15) is 0 Å². The Morgan fingerprint density at radius 2 is 1.15 bits per heavy atom. The minimum absolute atomic E-state index is 0.277. The molecule has 0 aliphatic heterocycles. The minimum Gasteiger partial charge on any atom is -0.481 e. The van der Waals surface area contributed by atoms with Crippen molar-refractivity contribution in [3.63, 3.8) is 0 Å². The zero-order valence-electron chi connectivity index (χ0n) is 17.6. The highest BCUT2D eigenvalue weighted by atomic mass is 16.5. The van der Waals surface area contributed by atoms with Crippen LogP contribution in [0, 0.1) is 0 Å². The van der Waals surface area contributed by atoms with Crippen molar-refractivity contribution in [1.29, 1.82) is 0 Å². The summed E-state index contributed by atoms with van der Waals surface area (Å²) in [6.07, 6.45) is 15.2. The van der Waals surface area contributed by atoms with E-state index in [1.165, 1.54) is 44.9 Å². The molecule has 0 spiro atoms. The van der Waals surface area contributed by atoms with Crippen LogP contribution in [0.15, 0.2) is 0 Å². The quantitative estimate of drug-likeness (QED) is 0.244. The summed E-state index contributed by atoms with van der Waals surface area (Å²) in [7, 11) is 0. The molecule has 160 valence electrons. The van der Waals surface area contributed by atoms with Crippen LogP contribution in [0.2, 0.25) is 0 Å². The van der Waals surface area contributed by atoms with Gasteiger partial charge in [0.15, 0.2) is 5.60 Å². The van der Waals surface area contributed by atoms with Crippen molar-refractivity contribution in [2.45, 2.75) is 122 Å². The van der Waals surface area contributed by atoms with Crippen LogP contribution >= 0.6 is 0 Å². The molecule has 5 heteroatoms. The standard InChI is InChI=1S/C22H42O5/c1-3-5-7-9-11-13-15-17-22(21(25)26,19-20(23)24)27-18-16-14-12-10-8-6-4-2/h3-19H2,1-2H3,(H,23,24)(H,25,26). The van der Waals surface area contributed by atoms with E-state index >= 15 is 0 Å². The van der Waals surface area contributed by atoms with Gasteiger partial charge in [-0.3, -0.25) is 4.79 Å². The van der Waals surface area contributed by atoms with Gasteiger partial charge < -0.3 is 14.9 Å². The third kappa shape index (κ3) is 13.7. The predicted molar refractivity (Wildman–Crippen MR) is 109 cm³/mol. The maximum atomic E-state index is 11.8. The molecule has 0 heterocycles. The van der Waals surface area contributed by atoms with Crippen molar-refractivity contribution in [3.8, 4) is 0 Å². The van der Waals surface area contributed by atoms with Crippen LogP contribution in [0.4, 0.5) is 0 Å². The number of ether oxygens (including phenoxy) is 1. The summed E-state index contributed by atoms with van der Waals surface area (Å²) < 4.78 is 5.69. The highest BCUT2D eigenvalue weighted by Gasteiger charge is 2.41. The zero-order chi connectivity index (χ0) is 20.4. The molecule has 2 N–H and O–H groups in total. The second-order valence-electron chi connectivity index (χ2n) is 7.71. The second-order valence-corrected chi connectivity index (χ2v) is 7.71. The Morgan fingerprint density at radius 1 is 0.704 bits per heavy atom. The number of unbranched alkanes of at least 4 members (excludes halogenated alkanes) is 12. The lowest BCUT2D eigenvalue weighted by atomic mass is 9.91. The first-order chi connectivity index (χ1) is 13.0. The van der Waals surface area contributed by atoms with Gasteiger partial charge in [-0.1, -0.05) is 90.9 Å². The topological polar surface area (TPSA) is 83.8 Å². The summed E-state index contributed by atoms with van der Waals surface area (Å²) in [5.74, 6) is -2.25. The van der Waals surface area contributed by atoms with E-state index in [4.69, 9.17) is 4.74 Å². The Labute approximate surface area is 165 Å². The Hall–Kier alpha value is -1.10. The molecule has 0 amide bonds. The summed E-state index contributed by atoms with van der Waals surface area (Å²) in [4.78, 5) is 23.0.